The molecule has 0 amide bonds. The van der Waals surface area contributed by atoms with E-state index in [4.69, 9.17) is 0 Å². The molecule has 5 nitrogen and oxygen atoms in total. The minimum absolute atomic E-state index is 0.303. The molecule has 0 spiro atoms. The van der Waals surface area contributed by atoms with Crippen LogP contribution in [0.1, 0.15) is 39.0 Å². The van der Waals surface area contributed by atoms with Crippen molar-refractivity contribution in [2.75, 3.05) is 26.2 Å². The lowest BCUT2D eigenvalue weighted by molar-refractivity contribution is 0.283. The molecule has 18 heavy (non-hydrogen) atoms. The second-order valence-electron chi connectivity index (χ2n) is 5.58. The zero-order chi connectivity index (χ0) is 13.0. The molecule has 6 heteroatoms. The summed E-state index contributed by atoms with van der Waals surface area (Å²) in [6.45, 7) is 5.04. The fourth-order valence-electron chi connectivity index (χ4n) is 2.62. The Morgan fingerprint density at radius 2 is 1.94 bits per heavy atom. The lowest BCUT2D eigenvalue weighted by Crippen LogP contribution is -2.49. The third-order valence-corrected chi connectivity index (χ3v) is 5.58. The summed E-state index contributed by atoms with van der Waals surface area (Å²) in [6, 6.07) is 0.303. The van der Waals surface area contributed by atoms with Crippen LogP contribution in [0.25, 0.3) is 0 Å². The van der Waals surface area contributed by atoms with Crippen LogP contribution in [-0.2, 0) is 10.2 Å². The molecule has 2 fully saturated rings. The highest BCUT2D eigenvalue weighted by Gasteiger charge is 2.26. The molecule has 0 aromatic carbocycles. The van der Waals surface area contributed by atoms with Crippen molar-refractivity contribution in [1.29, 1.82) is 0 Å². The van der Waals surface area contributed by atoms with Crippen molar-refractivity contribution in [1.82, 2.24) is 14.3 Å². The summed E-state index contributed by atoms with van der Waals surface area (Å²) in [4.78, 5) is 0. The van der Waals surface area contributed by atoms with Crippen molar-refractivity contribution in [3.8, 4) is 0 Å². The van der Waals surface area contributed by atoms with Gasteiger partial charge in [-0.1, -0.05) is 13.3 Å². The summed E-state index contributed by atoms with van der Waals surface area (Å²) < 4.78 is 28.6. The molecule has 0 radical (unpaired) electrons. The molecule has 1 unspecified atom stereocenters. The van der Waals surface area contributed by atoms with Gasteiger partial charge in [-0.25, -0.2) is 4.72 Å². The van der Waals surface area contributed by atoms with Crippen molar-refractivity contribution in [3.63, 3.8) is 0 Å². The first-order valence-electron chi connectivity index (χ1n) is 7.06. The Morgan fingerprint density at radius 3 is 2.56 bits per heavy atom. The van der Waals surface area contributed by atoms with Crippen LogP contribution in [-0.4, -0.2) is 44.9 Å². The molecular weight excluding hydrogens is 250 g/mol. The normalized spacial score (nSPS) is 28.4. The number of piperidine rings is 2. The fourth-order valence-corrected chi connectivity index (χ4v) is 3.91. The molecule has 2 N–H and O–H groups in total. The summed E-state index contributed by atoms with van der Waals surface area (Å²) in [5.41, 5.74) is 0. The lowest BCUT2D eigenvalue weighted by Gasteiger charge is -2.30. The van der Waals surface area contributed by atoms with Gasteiger partial charge in [-0.05, 0) is 38.1 Å². The molecule has 0 bridgehead atoms. The molecule has 0 aliphatic carbocycles. The van der Waals surface area contributed by atoms with E-state index >= 15 is 0 Å². The Kier molecular flexibility index (Phi) is 5.00. The van der Waals surface area contributed by atoms with Gasteiger partial charge in [-0.2, -0.15) is 12.7 Å². The highest BCUT2D eigenvalue weighted by Crippen LogP contribution is 2.18. The highest BCUT2D eigenvalue weighted by molar-refractivity contribution is 7.87. The maximum absolute atomic E-state index is 12.1. The first kappa shape index (κ1) is 14.2. The van der Waals surface area contributed by atoms with Gasteiger partial charge in [-0.3, -0.25) is 0 Å². The van der Waals surface area contributed by atoms with Crippen LogP contribution >= 0.6 is 0 Å². The van der Waals surface area contributed by atoms with E-state index in [2.05, 4.69) is 17.0 Å². The second-order valence-corrected chi connectivity index (χ2v) is 7.34. The molecule has 0 saturated carbocycles. The van der Waals surface area contributed by atoms with Crippen LogP contribution < -0.4 is 10.0 Å². The third kappa shape index (κ3) is 3.91. The van der Waals surface area contributed by atoms with Crippen molar-refractivity contribution >= 4 is 10.2 Å². The van der Waals surface area contributed by atoms with Crippen molar-refractivity contribution in [2.24, 2.45) is 5.92 Å². The van der Waals surface area contributed by atoms with Crippen molar-refractivity contribution < 1.29 is 8.42 Å². The zero-order valence-electron chi connectivity index (χ0n) is 11.2. The Balaban J connectivity index is 1.79. The molecule has 2 rings (SSSR count). The van der Waals surface area contributed by atoms with Gasteiger partial charge >= 0.3 is 0 Å². The fraction of sp³-hybridized carbons (Fsp3) is 1.00. The number of hydrogen-bond acceptors (Lipinski definition) is 3. The van der Waals surface area contributed by atoms with E-state index in [0.29, 0.717) is 31.6 Å². The van der Waals surface area contributed by atoms with Gasteiger partial charge in [0.25, 0.3) is 10.2 Å². The van der Waals surface area contributed by atoms with E-state index < -0.39 is 10.2 Å². The Labute approximate surface area is 110 Å². The summed E-state index contributed by atoms with van der Waals surface area (Å²) >= 11 is 0. The van der Waals surface area contributed by atoms with E-state index in [1.54, 1.807) is 4.31 Å². The number of nitrogens with zero attached hydrogens (tertiary/aromatic N) is 1. The Bertz CT molecular complexity index is 344. The number of hydrogen-bond donors (Lipinski definition) is 2. The van der Waals surface area contributed by atoms with E-state index in [0.717, 1.165) is 25.8 Å². The summed E-state index contributed by atoms with van der Waals surface area (Å²) in [7, 11) is -3.26. The van der Waals surface area contributed by atoms with E-state index in [1.165, 1.54) is 12.8 Å². The predicted molar refractivity (Wildman–Crippen MR) is 72.5 cm³/mol. The molecular formula is C12H25N3O2S. The van der Waals surface area contributed by atoms with E-state index in [1.807, 2.05) is 0 Å². The third-order valence-electron chi connectivity index (χ3n) is 4.01. The average Bonchev–Trinajstić information content (AvgIpc) is 2.38. The molecule has 0 aromatic heterocycles. The second kappa shape index (κ2) is 6.32. The monoisotopic (exact) mass is 275 g/mol. The quantitative estimate of drug-likeness (QED) is 0.794. The van der Waals surface area contributed by atoms with Crippen molar-refractivity contribution in [3.05, 3.63) is 0 Å². The van der Waals surface area contributed by atoms with E-state index in [-0.39, 0.29) is 0 Å². The SMILES string of the molecule is CC1CCN(S(=O)(=O)NCC2CCCCN2)CC1. The Morgan fingerprint density at radius 1 is 1.22 bits per heavy atom. The first-order valence-corrected chi connectivity index (χ1v) is 8.50. The number of rotatable bonds is 4. The predicted octanol–water partition coefficient (Wildman–Crippen LogP) is 0.695. The smallest absolute Gasteiger partial charge is 0.279 e. The minimum Gasteiger partial charge on any atom is -0.313 e. The molecule has 2 aliphatic rings. The average molecular weight is 275 g/mol. The highest BCUT2D eigenvalue weighted by atomic mass is 32.2. The van der Waals surface area contributed by atoms with Gasteiger partial charge in [-0.15, -0.1) is 0 Å². The van der Waals surface area contributed by atoms with Gasteiger partial charge < -0.3 is 5.32 Å². The van der Waals surface area contributed by atoms with Gasteiger partial charge in [0, 0.05) is 25.7 Å². The standard InChI is InChI=1S/C12H25N3O2S/c1-11-5-8-15(9-6-11)18(16,17)14-10-12-4-2-3-7-13-12/h11-14H,2-10H2,1H3. The first-order chi connectivity index (χ1) is 8.58. The van der Waals surface area contributed by atoms with Crippen LogP contribution in [0.2, 0.25) is 0 Å². The molecule has 2 aliphatic heterocycles. The van der Waals surface area contributed by atoms with Gasteiger partial charge in [0.05, 0.1) is 0 Å². The summed E-state index contributed by atoms with van der Waals surface area (Å²) in [5.74, 6) is 0.650. The lowest BCUT2D eigenvalue weighted by atomic mass is 10.0. The van der Waals surface area contributed by atoms with Gasteiger partial charge in [0.1, 0.15) is 0 Å². The van der Waals surface area contributed by atoms with Crippen LogP contribution in [0.3, 0.4) is 0 Å². The largest absolute Gasteiger partial charge is 0.313 e. The van der Waals surface area contributed by atoms with Crippen LogP contribution in [0.4, 0.5) is 0 Å². The van der Waals surface area contributed by atoms with E-state index in [9.17, 15) is 8.42 Å². The molecule has 106 valence electrons. The van der Waals surface area contributed by atoms with Crippen LogP contribution in [0, 0.1) is 5.92 Å². The van der Waals surface area contributed by atoms with Crippen molar-refractivity contribution in [2.45, 2.75) is 45.1 Å². The van der Waals surface area contributed by atoms with Crippen LogP contribution in [0.5, 0.6) is 0 Å². The summed E-state index contributed by atoms with van der Waals surface area (Å²) in [6.07, 6.45) is 5.42. The summed E-state index contributed by atoms with van der Waals surface area (Å²) in [5, 5.41) is 3.36. The van der Waals surface area contributed by atoms with Crippen LogP contribution in [0.15, 0.2) is 0 Å². The Hall–Kier alpha value is -0.170. The molecule has 0 aromatic rings. The minimum atomic E-state index is -3.26. The topological polar surface area (TPSA) is 61.4 Å². The van der Waals surface area contributed by atoms with Gasteiger partial charge in [0.2, 0.25) is 0 Å². The number of nitrogens with one attached hydrogen (secondary N) is 2. The molecule has 1 atom stereocenters. The molecule has 2 saturated heterocycles. The maximum Gasteiger partial charge on any atom is 0.279 e. The maximum atomic E-state index is 12.1. The molecule has 2 heterocycles. The zero-order valence-corrected chi connectivity index (χ0v) is 12.0. The van der Waals surface area contributed by atoms with Gasteiger partial charge in [0.15, 0.2) is 0 Å².